The van der Waals surface area contributed by atoms with Crippen molar-refractivity contribution in [2.24, 2.45) is 4.99 Å². The summed E-state index contributed by atoms with van der Waals surface area (Å²) in [5, 5.41) is 0. The quantitative estimate of drug-likeness (QED) is 0.511. The molecule has 152 valence electrons. The van der Waals surface area contributed by atoms with Gasteiger partial charge in [-0.05, 0) is 50.0 Å². The average Bonchev–Trinajstić information content (AvgIpc) is 2.94. The van der Waals surface area contributed by atoms with E-state index < -0.39 is 35.3 Å². The van der Waals surface area contributed by atoms with Gasteiger partial charge in [0.1, 0.15) is 11.9 Å². The van der Waals surface area contributed by atoms with Crippen molar-refractivity contribution in [1.82, 2.24) is 4.90 Å². The number of nitrogens with zero attached hydrogens (tertiary/aromatic N) is 2. The molecule has 1 saturated heterocycles. The van der Waals surface area contributed by atoms with Gasteiger partial charge in [-0.1, -0.05) is 0 Å². The van der Waals surface area contributed by atoms with E-state index in [-0.39, 0.29) is 23.0 Å². The lowest BCUT2D eigenvalue weighted by Gasteiger charge is -2.28. The summed E-state index contributed by atoms with van der Waals surface area (Å²) in [5.74, 6) is -1.25. The van der Waals surface area contributed by atoms with Gasteiger partial charge < -0.3 is 9.45 Å². The lowest BCUT2D eigenvalue weighted by Crippen LogP contribution is -2.44. The van der Waals surface area contributed by atoms with Crippen molar-refractivity contribution in [2.75, 3.05) is 12.3 Å². The van der Waals surface area contributed by atoms with E-state index in [1.54, 1.807) is 19.9 Å². The number of aryl methyl sites for hydroxylation is 2. The van der Waals surface area contributed by atoms with Crippen molar-refractivity contribution in [2.45, 2.75) is 56.9 Å². The maximum atomic E-state index is 13.0. The molecular formula is C17H20F6N2OS. The zero-order valence-corrected chi connectivity index (χ0v) is 15.9. The lowest BCUT2D eigenvalue weighted by molar-refractivity contribution is -0.167. The second-order valence-electron chi connectivity index (χ2n) is 6.55. The average molecular weight is 414 g/mol. The van der Waals surface area contributed by atoms with Crippen LogP contribution in [0.25, 0.3) is 0 Å². The van der Waals surface area contributed by atoms with Crippen LogP contribution >= 0.6 is 0 Å². The van der Waals surface area contributed by atoms with Crippen molar-refractivity contribution in [3.05, 3.63) is 23.3 Å². The Morgan fingerprint density at radius 1 is 1.15 bits per heavy atom. The summed E-state index contributed by atoms with van der Waals surface area (Å²) in [6.45, 7) is 4.46. The summed E-state index contributed by atoms with van der Waals surface area (Å²) in [4.78, 5) is 5.43. The van der Waals surface area contributed by atoms with Crippen LogP contribution < -0.4 is 0 Å². The molecule has 1 aliphatic heterocycles. The summed E-state index contributed by atoms with van der Waals surface area (Å²) in [5.41, 5.74) is 1.26. The van der Waals surface area contributed by atoms with Crippen LogP contribution in [0.1, 0.15) is 30.9 Å². The van der Waals surface area contributed by atoms with Crippen molar-refractivity contribution >= 4 is 22.7 Å². The molecule has 0 aliphatic carbocycles. The first-order chi connectivity index (χ1) is 12.3. The highest BCUT2D eigenvalue weighted by atomic mass is 32.2. The van der Waals surface area contributed by atoms with Crippen LogP contribution in [0.3, 0.4) is 0 Å². The Bertz CT molecular complexity index is 717. The Kier molecular flexibility index (Phi) is 6.40. The van der Waals surface area contributed by atoms with E-state index in [2.05, 4.69) is 4.99 Å². The topological polar surface area (TPSA) is 38.7 Å². The first-order valence-corrected chi connectivity index (χ1v) is 9.59. The van der Waals surface area contributed by atoms with Crippen LogP contribution in [0.15, 0.2) is 22.0 Å². The summed E-state index contributed by atoms with van der Waals surface area (Å²) in [6, 6.07) is 1.13. The molecule has 0 saturated carbocycles. The minimum Gasteiger partial charge on any atom is -0.611 e. The molecule has 2 rings (SSSR count). The van der Waals surface area contributed by atoms with Gasteiger partial charge in [0.05, 0.1) is 5.69 Å². The molecule has 2 atom stereocenters. The first kappa shape index (κ1) is 21.9. The molecule has 0 spiro atoms. The van der Waals surface area contributed by atoms with Gasteiger partial charge in [-0.15, -0.1) is 0 Å². The largest absolute Gasteiger partial charge is 0.611 e. The molecule has 0 radical (unpaired) electrons. The summed E-state index contributed by atoms with van der Waals surface area (Å²) in [7, 11) is 0. The summed E-state index contributed by atoms with van der Waals surface area (Å²) < 4.78 is 88.8. The molecule has 10 heteroatoms. The molecule has 1 aromatic carbocycles. The molecule has 27 heavy (non-hydrogen) atoms. The van der Waals surface area contributed by atoms with E-state index in [4.69, 9.17) is 0 Å². The van der Waals surface area contributed by atoms with Crippen LogP contribution in [0.5, 0.6) is 0 Å². The van der Waals surface area contributed by atoms with Crippen LogP contribution in [0.2, 0.25) is 0 Å². The van der Waals surface area contributed by atoms with Gasteiger partial charge in [-0.25, -0.2) is 4.99 Å². The molecule has 0 aromatic heterocycles. The maximum absolute atomic E-state index is 13.0. The molecule has 1 heterocycles. The van der Waals surface area contributed by atoms with Gasteiger partial charge in [-0.2, -0.15) is 26.3 Å². The molecule has 1 aliphatic rings. The Labute approximate surface area is 156 Å². The molecule has 1 aromatic rings. The Morgan fingerprint density at radius 2 is 1.78 bits per heavy atom. The second-order valence-corrected chi connectivity index (χ2v) is 7.97. The normalized spacial score (nSPS) is 19.6. The van der Waals surface area contributed by atoms with Crippen molar-refractivity contribution in [1.29, 1.82) is 0 Å². The Hall–Kier alpha value is -1.42. The predicted octanol–water partition coefficient (Wildman–Crippen LogP) is 5.05. The highest BCUT2D eigenvalue weighted by molar-refractivity contribution is 7.91. The number of amidine groups is 1. The van der Waals surface area contributed by atoms with Gasteiger partial charge in [0, 0.05) is 24.6 Å². The van der Waals surface area contributed by atoms with Gasteiger partial charge in [0.15, 0.2) is 4.90 Å². The van der Waals surface area contributed by atoms with E-state index in [0.717, 1.165) is 11.8 Å². The number of rotatable bonds is 4. The number of aliphatic imine (C=N–C) groups is 1. The SMILES string of the molecule is Cc1cc(C)c([S+]([O-])CC(F)(F)F)cc1/N=C1\CCCN1C(C)C(F)(F)F. The number of hydrogen-bond donors (Lipinski definition) is 0. The monoisotopic (exact) mass is 414 g/mol. The molecule has 3 nitrogen and oxygen atoms in total. The zero-order valence-electron chi connectivity index (χ0n) is 15.0. The van der Waals surface area contributed by atoms with E-state index >= 15 is 0 Å². The third-order valence-electron chi connectivity index (χ3n) is 4.36. The molecule has 0 amide bonds. The molecular weight excluding hydrogens is 394 g/mol. The second kappa shape index (κ2) is 7.90. The summed E-state index contributed by atoms with van der Waals surface area (Å²) in [6.07, 6.45) is -8.14. The van der Waals surface area contributed by atoms with Crippen LogP contribution in [-0.2, 0) is 11.2 Å². The van der Waals surface area contributed by atoms with Gasteiger partial charge in [0.25, 0.3) is 0 Å². The number of hydrogen-bond acceptors (Lipinski definition) is 2. The standard InChI is InChI=1S/C17H20F6N2OS/c1-10-7-11(2)14(27(26)9-16(18,19)20)8-13(10)24-15-5-4-6-25(15)12(3)17(21,22)23/h7-8,12H,4-6,9H2,1-3H3/b24-15+. The van der Waals surface area contributed by atoms with Crippen molar-refractivity contribution < 1.29 is 30.9 Å². The molecule has 2 unspecified atom stereocenters. The lowest BCUT2D eigenvalue weighted by atomic mass is 10.1. The Balaban J connectivity index is 2.38. The fraction of sp³-hybridized carbons (Fsp3) is 0.588. The van der Waals surface area contributed by atoms with Crippen molar-refractivity contribution in [3.63, 3.8) is 0 Å². The number of benzene rings is 1. The third-order valence-corrected chi connectivity index (χ3v) is 5.88. The maximum Gasteiger partial charge on any atom is 0.433 e. The zero-order chi connectivity index (χ0) is 20.6. The summed E-state index contributed by atoms with van der Waals surface area (Å²) >= 11 is -2.31. The third kappa shape index (κ3) is 5.54. The highest BCUT2D eigenvalue weighted by Gasteiger charge is 2.42. The molecule has 1 fully saturated rings. The Morgan fingerprint density at radius 3 is 2.33 bits per heavy atom. The van der Waals surface area contributed by atoms with Crippen molar-refractivity contribution in [3.8, 4) is 0 Å². The molecule has 0 bridgehead atoms. The van der Waals surface area contributed by atoms with Crippen LogP contribution in [0, 0.1) is 13.8 Å². The number of halogens is 6. The minimum absolute atomic E-state index is 0.00862. The smallest absolute Gasteiger partial charge is 0.433 e. The number of alkyl halides is 6. The first-order valence-electron chi connectivity index (χ1n) is 8.27. The fourth-order valence-corrected chi connectivity index (χ4v) is 4.06. The van der Waals surface area contributed by atoms with Crippen LogP contribution in [0.4, 0.5) is 32.0 Å². The van der Waals surface area contributed by atoms with Gasteiger partial charge in [0.2, 0.25) is 5.75 Å². The minimum atomic E-state index is -4.58. The van der Waals surface area contributed by atoms with E-state index in [1.807, 2.05) is 0 Å². The van der Waals surface area contributed by atoms with Gasteiger partial charge >= 0.3 is 12.4 Å². The van der Waals surface area contributed by atoms with E-state index in [9.17, 15) is 30.9 Å². The van der Waals surface area contributed by atoms with Gasteiger partial charge in [-0.3, -0.25) is 0 Å². The van der Waals surface area contributed by atoms with E-state index in [0.29, 0.717) is 24.0 Å². The highest BCUT2D eigenvalue weighted by Crippen LogP contribution is 2.33. The van der Waals surface area contributed by atoms with Crippen LogP contribution in [-0.4, -0.2) is 46.0 Å². The molecule has 0 N–H and O–H groups in total. The number of likely N-dealkylation sites (tertiary alicyclic amines) is 1. The predicted molar refractivity (Wildman–Crippen MR) is 91.8 cm³/mol. The fourth-order valence-electron chi connectivity index (χ4n) is 2.95. The van der Waals surface area contributed by atoms with E-state index in [1.165, 1.54) is 6.07 Å².